The first kappa shape index (κ1) is 33.9. The molecule has 2 heterocycles. The standard InChI is InChI=1S/C33H41N3O5S3/c1-3-5-7-8-13-22-36-32(38)27(31(37)35(33(36)42)21-6-4-2)17-11-12-18-29-34(23-14-24-44(39,40)41)28-20-19-25-15-9-10-16-26(25)30(28)43-29/h9-12,15-20H,3-8,13-14,21-24H2,1-2H3,(H,39,40,41). The van der Waals surface area contributed by atoms with Gasteiger partial charge in [0.15, 0.2) is 5.11 Å². The molecular formula is C33H41N3O5S3. The van der Waals surface area contributed by atoms with E-state index in [1.54, 1.807) is 39.8 Å². The van der Waals surface area contributed by atoms with Crippen LogP contribution >= 0.6 is 24.0 Å². The lowest BCUT2D eigenvalue weighted by atomic mass is 10.1. The molecule has 2 aliphatic rings. The van der Waals surface area contributed by atoms with Gasteiger partial charge in [0.2, 0.25) is 0 Å². The molecule has 2 aromatic rings. The molecule has 0 spiro atoms. The van der Waals surface area contributed by atoms with Crippen molar-refractivity contribution in [2.45, 2.75) is 70.1 Å². The third-order valence-corrected chi connectivity index (χ3v) is 10.1. The summed E-state index contributed by atoms with van der Waals surface area (Å²) in [6.45, 7) is 5.57. The molecule has 0 bridgehead atoms. The van der Waals surface area contributed by atoms with Crippen LogP contribution in [0.5, 0.6) is 0 Å². The van der Waals surface area contributed by atoms with Gasteiger partial charge in [0, 0.05) is 24.5 Å². The van der Waals surface area contributed by atoms with Crippen molar-refractivity contribution >= 4 is 67.5 Å². The van der Waals surface area contributed by atoms with Gasteiger partial charge in [-0.05, 0) is 60.5 Å². The Balaban J connectivity index is 1.58. The van der Waals surface area contributed by atoms with Crippen LogP contribution in [0.3, 0.4) is 0 Å². The van der Waals surface area contributed by atoms with E-state index in [2.05, 4.69) is 26.0 Å². The highest BCUT2D eigenvalue weighted by molar-refractivity contribution is 8.04. The number of hydrogen-bond donors (Lipinski definition) is 1. The van der Waals surface area contributed by atoms with Crippen molar-refractivity contribution in [3.63, 3.8) is 0 Å². The van der Waals surface area contributed by atoms with Gasteiger partial charge in [0.25, 0.3) is 21.9 Å². The number of anilines is 1. The Morgan fingerprint density at radius 3 is 2.14 bits per heavy atom. The van der Waals surface area contributed by atoms with Gasteiger partial charge in [-0.25, -0.2) is 0 Å². The van der Waals surface area contributed by atoms with E-state index in [0.717, 1.165) is 71.3 Å². The number of allylic oxidation sites excluding steroid dienone is 4. The fourth-order valence-corrected chi connectivity index (χ4v) is 7.38. The number of nitrogens with zero attached hydrogens (tertiary/aromatic N) is 3. The minimum absolute atomic E-state index is 0.0938. The van der Waals surface area contributed by atoms with Crippen LogP contribution in [0.25, 0.3) is 10.8 Å². The number of rotatable bonds is 15. The Hall–Kier alpha value is -2.99. The van der Waals surface area contributed by atoms with Gasteiger partial charge in [-0.15, -0.1) is 0 Å². The van der Waals surface area contributed by atoms with Crippen LogP contribution in [-0.4, -0.2) is 65.1 Å². The van der Waals surface area contributed by atoms with Crippen molar-refractivity contribution in [2.24, 2.45) is 0 Å². The summed E-state index contributed by atoms with van der Waals surface area (Å²) in [7, 11) is -4.07. The number of benzene rings is 2. The van der Waals surface area contributed by atoms with E-state index in [-0.39, 0.29) is 29.6 Å². The SMILES string of the molecule is CCCCCCCN1C(=O)C(=CC=CC=C2Sc3c(ccc4ccccc34)N2CCCS(=O)(=O)O)C(=O)N(CCCC)C1=S. The molecule has 1 fully saturated rings. The monoisotopic (exact) mass is 655 g/mol. The van der Waals surface area contributed by atoms with Crippen LogP contribution in [0.15, 0.2) is 76.2 Å². The first-order valence-electron chi connectivity index (χ1n) is 15.3. The zero-order valence-corrected chi connectivity index (χ0v) is 27.9. The van der Waals surface area contributed by atoms with Gasteiger partial charge in [-0.3, -0.25) is 23.9 Å². The molecule has 236 valence electrons. The maximum atomic E-state index is 13.5. The molecule has 8 nitrogen and oxygen atoms in total. The van der Waals surface area contributed by atoms with Crippen LogP contribution in [0.2, 0.25) is 0 Å². The van der Waals surface area contributed by atoms with Crippen molar-refractivity contribution in [1.29, 1.82) is 0 Å². The first-order chi connectivity index (χ1) is 21.2. The number of hydrogen-bond acceptors (Lipinski definition) is 7. The van der Waals surface area contributed by atoms with E-state index >= 15 is 0 Å². The van der Waals surface area contributed by atoms with Gasteiger partial charge in [0.1, 0.15) is 5.57 Å². The number of thiocarbonyl (C=S) groups is 1. The molecule has 1 N–H and O–H groups in total. The van der Waals surface area contributed by atoms with E-state index in [9.17, 15) is 22.6 Å². The Labute approximate surface area is 270 Å². The second-order valence-corrected chi connectivity index (χ2v) is 13.9. The highest BCUT2D eigenvalue weighted by Crippen LogP contribution is 2.49. The molecule has 2 aliphatic heterocycles. The van der Waals surface area contributed by atoms with E-state index in [1.165, 1.54) is 0 Å². The van der Waals surface area contributed by atoms with Gasteiger partial charge in [-0.2, -0.15) is 8.42 Å². The van der Waals surface area contributed by atoms with E-state index in [0.29, 0.717) is 24.7 Å². The first-order valence-corrected chi connectivity index (χ1v) is 18.2. The summed E-state index contributed by atoms with van der Waals surface area (Å²) in [4.78, 5) is 33.1. The zero-order chi connectivity index (χ0) is 31.7. The summed E-state index contributed by atoms with van der Waals surface area (Å²) in [5.41, 5.74) is 1.06. The second-order valence-electron chi connectivity index (χ2n) is 11.0. The maximum absolute atomic E-state index is 13.5. The molecule has 0 aromatic heterocycles. The molecule has 0 radical (unpaired) electrons. The normalized spacial score (nSPS) is 17.7. The number of amides is 2. The van der Waals surface area contributed by atoms with Gasteiger partial charge < -0.3 is 4.90 Å². The Morgan fingerprint density at radius 2 is 1.43 bits per heavy atom. The zero-order valence-electron chi connectivity index (χ0n) is 25.4. The third-order valence-electron chi connectivity index (χ3n) is 7.65. The van der Waals surface area contributed by atoms with E-state index in [1.807, 2.05) is 35.2 Å². The predicted octanol–water partition coefficient (Wildman–Crippen LogP) is 7.08. The lowest BCUT2D eigenvalue weighted by Gasteiger charge is -2.36. The molecule has 11 heteroatoms. The lowest BCUT2D eigenvalue weighted by Crippen LogP contribution is -2.56. The Kier molecular flexibility index (Phi) is 12.2. The van der Waals surface area contributed by atoms with Crippen LogP contribution in [0, 0.1) is 0 Å². The number of unbranched alkanes of at least 4 members (excludes halogenated alkanes) is 5. The summed E-state index contributed by atoms with van der Waals surface area (Å²) in [5.74, 6) is -1.06. The molecule has 1 saturated heterocycles. The van der Waals surface area contributed by atoms with Crippen LogP contribution in [0.4, 0.5) is 5.69 Å². The predicted molar refractivity (Wildman–Crippen MR) is 183 cm³/mol. The summed E-state index contributed by atoms with van der Waals surface area (Å²) in [5, 5.41) is 3.37. The topological polar surface area (TPSA) is 98.2 Å². The minimum Gasteiger partial charge on any atom is -0.335 e. The molecule has 2 amide bonds. The molecule has 44 heavy (non-hydrogen) atoms. The van der Waals surface area contributed by atoms with Gasteiger partial charge in [-0.1, -0.05) is 100 Å². The van der Waals surface area contributed by atoms with Crippen LogP contribution < -0.4 is 4.90 Å². The average molecular weight is 656 g/mol. The van der Waals surface area contributed by atoms with Gasteiger partial charge in [0.05, 0.1) is 16.5 Å². The van der Waals surface area contributed by atoms with Crippen molar-refractivity contribution < 1.29 is 22.6 Å². The van der Waals surface area contributed by atoms with Crippen molar-refractivity contribution in [3.8, 4) is 0 Å². The molecule has 0 aliphatic carbocycles. The van der Waals surface area contributed by atoms with Crippen LogP contribution in [0.1, 0.15) is 65.2 Å². The Bertz CT molecular complexity index is 1580. The van der Waals surface area contributed by atoms with Crippen molar-refractivity contribution in [3.05, 3.63) is 71.3 Å². The van der Waals surface area contributed by atoms with E-state index in [4.69, 9.17) is 12.2 Å². The molecule has 2 aromatic carbocycles. The smallest absolute Gasteiger partial charge is 0.265 e. The fourth-order valence-electron chi connectivity index (χ4n) is 5.31. The maximum Gasteiger partial charge on any atom is 0.265 e. The number of fused-ring (bicyclic) bond motifs is 3. The molecular weight excluding hydrogens is 615 g/mol. The molecule has 4 rings (SSSR count). The molecule has 0 saturated carbocycles. The summed E-state index contributed by atoms with van der Waals surface area (Å²) < 4.78 is 32.0. The summed E-state index contributed by atoms with van der Waals surface area (Å²) in [6, 6.07) is 12.2. The molecule has 0 unspecified atom stereocenters. The largest absolute Gasteiger partial charge is 0.335 e. The average Bonchev–Trinajstić information content (AvgIpc) is 3.35. The van der Waals surface area contributed by atoms with Crippen molar-refractivity contribution in [1.82, 2.24) is 9.80 Å². The van der Waals surface area contributed by atoms with Gasteiger partial charge >= 0.3 is 0 Å². The quantitative estimate of drug-likeness (QED) is 0.0715. The Morgan fingerprint density at radius 1 is 0.795 bits per heavy atom. The summed E-state index contributed by atoms with van der Waals surface area (Å²) >= 11 is 7.19. The van der Waals surface area contributed by atoms with Crippen LogP contribution in [-0.2, 0) is 19.7 Å². The van der Waals surface area contributed by atoms with Crippen molar-refractivity contribution in [2.75, 3.05) is 30.3 Å². The number of carbonyl (C=O) groups is 2. The third kappa shape index (κ3) is 8.38. The minimum atomic E-state index is -4.07. The van der Waals surface area contributed by atoms with E-state index < -0.39 is 10.1 Å². The lowest BCUT2D eigenvalue weighted by molar-refractivity contribution is -0.133. The highest BCUT2D eigenvalue weighted by Gasteiger charge is 2.38. The number of carbonyl (C=O) groups excluding carboxylic acids is 2. The summed E-state index contributed by atoms with van der Waals surface area (Å²) in [6.07, 6.45) is 14.1. The fraction of sp³-hybridized carbons (Fsp3) is 0.424. The second kappa shape index (κ2) is 15.8. The highest BCUT2D eigenvalue weighted by atomic mass is 32.2. The number of thioether (sulfide) groups is 1. The molecule has 0 atom stereocenters.